The predicted octanol–water partition coefficient (Wildman–Crippen LogP) is 2.97. The Morgan fingerprint density at radius 3 is 3.04 bits per heavy atom. The van der Waals surface area contributed by atoms with Crippen molar-refractivity contribution in [2.24, 2.45) is 17.8 Å². The number of benzene rings is 1. The fourth-order valence-corrected chi connectivity index (χ4v) is 6.46. The number of carbonyl (C=O) groups excluding carboxylic acids is 1. The zero-order chi connectivity index (χ0) is 18.3. The van der Waals surface area contributed by atoms with Gasteiger partial charge in [0.1, 0.15) is 12.2 Å². The molecule has 4 aliphatic rings. The number of esters is 1. The average Bonchev–Trinajstić information content (AvgIpc) is 3.13. The Bertz CT molecular complexity index is 935. The smallest absolute Gasteiger partial charge is 0.312 e. The maximum atomic E-state index is 12.5. The lowest BCUT2D eigenvalue weighted by molar-refractivity contribution is -0.144. The molecule has 1 N–H and O–H groups in total. The predicted molar refractivity (Wildman–Crippen MR) is 101 cm³/mol. The van der Waals surface area contributed by atoms with Crippen molar-refractivity contribution in [3.8, 4) is 0 Å². The van der Waals surface area contributed by atoms with Gasteiger partial charge in [0.15, 0.2) is 0 Å². The highest BCUT2D eigenvalue weighted by molar-refractivity contribution is 5.85. The highest BCUT2D eigenvalue weighted by atomic mass is 16.6. The van der Waals surface area contributed by atoms with E-state index >= 15 is 0 Å². The Labute approximate surface area is 159 Å². The van der Waals surface area contributed by atoms with Crippen molar-refractivity contribution in [1.29, 1.82) is 0 Å². The quantitative estimate of drug-likeness (QED) is 0.789. The van der Waals surface area contributed by atoms with E-state index in [4.69, 9.17) is 9.47 Å². The minimum atomic E-state index is -0.0853. The van der Waals surface area contributed by atoms with Crippen molar-refractivity contribution in [1.82, 2.24) is 9.88 Å². The van der Waals surface area contributed by atoms with Crippen LogP contribution in [-0.4, -0.2) is 48.3 Å². The molecule has 142 valence electrons. The van der Waals surface area contributed by atoms with Crippen LogP contribution in [0.1, 0.15) is 35.7 Å². The SMILES string of the molecule is CO[C@@H]1[C@H]2C(=O)O[C@@H]1C[C@@H]1CN3CCc4c([nH]c5cc(C)ccc45)[C@H]3C[C@@H]12. The van der Waals surface area contributed by atoms with Crippen LogP contribution in [0.4, 0.5) is 0 Å². The summed E-state index contributed by atoms with van der Waals surface area (Å²) < 4.78 is 11.4. The number of H-pyrrole nitrogens is 1. The molecule has 6 atom stereocenters. The molecule has 2 aromatic rings. The van der Waals surface area contributed by atoms with Gasteiger partial charge in [-0.1, -0.05) is 12.1 Å². The Hall–Kier alpha value is -1.85. The van der Waals surface area contributed by atoms with E-state index in [0.29, 0.717) is 17.9 Å². The number of fused-ring (bicyclic) bond motifs is 9. The van der Waals surface area contributed by atoms with Gasteiger partial charge in [-0.2, -0.15) is 0 Å². The van der Waals surface area contributed by atoms with Crippen molar-refractivity contribution in [3.63, 3.8) is 0 Å². The number of piperidine rings is 1. The Morgan fingerprint density at radius 2 is 2.19 bits per heavy atom. The topological polar surface area (TPSA) is 54.6 Å². The fourth-order valence-electron chi connectivity index (χ4n) is 6.46. The van der Waals surface area contributed by atoms with Crippen LogP contribution in [-0.2, 0) is 20.7 Å². The number of nitrogens with zero attached hydrogens (tertiary/aromatic N) is 1. The molecule has 4 heterocycles. The van der Waals surface area contributed by atoms with Gasteiger partial charge in [-0.3, -0.25) is 9.69 Å². The molecule has 3 aliphatic heterocycles. The van der Waals surface area contributed by atoms with Gasteiger partial charge in [0.05, 0.1) is 12.0 Å². The number of ether oxygens (including phenoxy) is 2. The molecule has 6 rings (SSSR count). The van der Waals surface area contributed by atoms with Gasteiger partial charge in [-0.25, -0.2) is 0 Å². The normalized spacial score (nSPS) is 37.6. The monoisotopic (exact) mass is 366 g/mol. The van der Waals surface area contributed by atoms with Crippen LogP contribution < -0.4 is 0 Å². The third kappa shape index (κ3) is 2.15. The summed E-state index contributed by atoms with van der Waals surface area (Å²) >= 11 is 0. The first-order valence-corrected chi connectivity index (χ1v) is 10.2. The van der Waals surface area contributed by atoms with Crippen LogP contribution in [0.15, 0.2) is 18.2 Å². The fraction of sp³-hybridized carbons (Fsp3) is 0.591. The van der Waals surface area contributed by atoms with E-state index < -0.39 is 0 Å². The lowest BCUT2D eigenvalue weighted by atomic mass is 9.65. The second-order valence-electron chi connectivity index (χ2n) is 8.92. The highest BCUT2D eigenvalue weighted by Gasteiger charge is 2.58. The first kappa shape index (κ1) is 16.1. The van der Waals surface area contributed by atoms with E-state index in [9.17, 15) is 4.79 Å². The van der Waals surface area contributed by atoms with E-state index in [-0.39, 0.29) is 24.1 Å². The van der Waals surface area contributed by atoms with E-state index in [2.05, 4.69) is 35.0 Å². The Balaban J connectivity index is 1.40. The van der Waals surface area contributed by atoms with E-state index in [0.717, 1.165) is 32.4 Å². The molecule has 3 fully saturated rings. The van der Waals surface area contributed by atoms with E-state index in [1.807, 2.05) is 0 Å². The van der Waals surface area contributed by atoms with Crippen molar-refractivity contribution in [3.05, 3.63) is 35.0 Å². The molecule has 5 heteroatoms. The van der Waals surface area contributed by atoms with Crippen molar-refractivity contribution in [2.45, 2.75) is 44.4 Å². The molecule has 1 aromatic heterocycles. The number of aryl methyl sites for hydroxylation is 1. The van der Waals surface area contributed by atoms with Gasteiger partial charge in [0.25, 0.3) is 0 Å². The maximum absolute atomic E-state index is 12.5. The molecule has 27 heavy (non-hydrogen) atoms. The number of hydrogen-bond acceptors (Lipinski definition) is 4. The Morgan fingerprint density at radius 1 is 1.30 bits per heavy atom. The summed E-state index contributed by atoms with van der Waals surface area (Å²) in [6, 6.07) is 7.11. The van der Waals surface area contributed by atoms with Crippen LogP contribution in [0.5, 0.6) is 0 Å². The van der Waals surface area contributed by atoms with Gasteiger partial charge in [0.2, 0.25) is 0 Å². The lowest BCUT2D eigenvalue weighted by Gasteiger charge is -2.50. The first-order chi connectivity index (χ1) is 13.1. The van der Waals surface area contributed by atoms with E-state index in [1.165, 1.54) is 27.7 Å². The molecular formula is C22H26N2O3. The molecule has 5 nitrogen and oxygen atoms in total. The maximum Gasteiger partial charge on any atom is 0.312 e. The molecule has 0 amide bonds. The summed E-state index contributed by atoms with van der Waals surface area (Å²) in [5.74, 6) is 0.790. The highest BCUT2D eigenvalue weighted by Crippen LogP contribution is 2.52. The number of methoxy groups -OCH3 is 1. The summed E-state index contributed by atoms with van der Waals surface area (Å²) in [6.07, 6.45) is 2.98. The molecule has 1 aliphatic carbocycles. The minimum absolute atomic E-state index is 0.0314. The van der Waals surface area contributed by atoms with Crippen LogP contribution in [0.25, 0.3) is 10.9 Å². The third-order valence-corrected chi connectivity index (χ3v) is 7.62. The number of rotatable bonds is 1. The number of carbonyl (C=O) groups is 1. The van der Waals surface area contributed by atoms with Crippen LogP contribution >= 0.6 is 0 Å². The van der Waals surface area contributed by atoms with Crippen molar-refractivity contribution >= 4 is 16.9 Å². The minimum Gasteiger partial charge on any atom is -0.459 e. The molecule has 0 spiro atoms. The summed E-state index contributed by atoms with van der Waals surface area (Å²) in [5, 5.41) is 1.37. The third-order valence-electron chi connectivity index (χ3n) is 7.62. The summed E-state index contributed by atoms with van der Waals surface area (Å²) in [6.45, 7) is 4.33. The van der Waals surface area contributed by atoms with E-state index in [1.54, 1.807) is 7.11 Å². The van der Waals surface area contributed by atoms with Crippen molar-refractivity contribution in [2.75, 3.05) is 20.2 Å². The van der Waals surface area contributed by atoms with Gasteiger partial charge < -0.3 is 14.5 Å². The first-order valence-electron chi connectivity index (χ1n) is 10.2. The molecule has 0 radical (unpaired) electrons. The zero-order valence-corrected chi connectivity index (χ0v) is 15.9. The van der Waals surface area contributed by atoms with Crippen molar-refractivity contribution < 1.29 is 14.3 Å². The molecule has 1 saturated carbocycles. The molecule has 2 saturated heterocycles. The number of aromatic nitrogens is 1. The zero-order valence-electron chi connectivity index (χ0n) is 15.9. The number of aromatic amines is 1. The van der Waals surface area contributed by atoms with Crippen LogP contribution in [0.3, 0.4) is 0 Å². The Kier molecular flexibility index (Phi) is 3.34. The largest absolute Gasteiger partial charge is 0.459 e. The molecule has 1 aromatic carbocycles. The van der Waals surface area contributed by atoms with Crippen LogP contribution in [0.2, 0.25) is 0 Å². The van der Waals surface area contributed by atoms with Gasteiger partial charge in [-0.15, -0.1) is 0 Å². The average molecular weight is 366 g/mol. The summed E-state index contributed by atoms with van der Waals surface area (Å²) in [7, 11) is 1.72. The van der Waals surface area contributed by atoms with Gasteiger partial charge >= 0.3 is 5.97 Å². The number of nitrogens with one attached hydrogen (secondary N) is 1. The summed E-state index contributed by atoms with van der Waals surface area (Å²) in [5.41, 5.74) is 5.40. The van der Waals surface area contributed by atoms with Crippen LogP contribution in [0, 0.1) is 24.7 Å². The summed E-state index contributed by atoms with van der Waals surface area (Å²) in [4.78, 5) is 18.9. The number of hydrogen-bond donors (Lipinski definition) is 1. The molecule has 0 unspecified atom stereocenters. The lowest BCUT2D eigenvalue weighted by Crippen LogP contribution is -2.53. The molecule has 2 bridgehead atoms. The second-order valence-corrected chi connectivity index (χ2v) is 8.92. The van der Waals surface area contributed by atoms with Gasteiger partial charge in [0, 0.05) is 36.8 Å². The standard InChI is InChI=1S/C22H26N2O3/c1-11-3-4-13-14-5-6-24-10-12-8-18-21(26-2)19(22(25)27-18)15(12)9-17(24)20(14)23-16(13)7-11/h3-4,7,12,15,17-19,21,23H,5-6,8-10H2,1-2H3/t12-,15+,17-,18-,19+,21+/m1/s1. The van der Waals surface area contributed by atoms with Gasteiger partial charge in [-0.05, 0) is 55.2 Å². The second kappa shape index (κ2) is 5.58. The molecular weight excluding hydrogens is 340 g/mol.